The van der Waals surface area contributed by atoms with Gasteiger partial charge in [0.05, 0.1) is 0 Å². The fraction of sp³-hybridized carbons (Fsp3) is 0.250. The zero-order chi connectivity index (χ0) is 23.0. The van der Waals surface area contributed by atoms with E-state index in [1.165, 1.54) is 11.3 Å². The Hall–Kier alpha value is -3.40. The zero-order valence-corrected chi connectivity index (χ0v) is 19.3. The van der Waals surface area contributed by atoms with Gasteiger partial charge in [-0.3, -0.25) is 4.98 Å². The topological polar surface area (TPSA) is 96.3 Å². The summed E-state index contributed by atoms with van der Waals surface area (Å²) in [5, 5.41) is 23.1. The van der Waals surface area contributed by atoms with E-state index >= 15 is 0 Å². The van der Waals surface area contributed by atoms with Crippen LogP contribution in [0.5, 0.6) is 5.88 Å². The van der Waals surface area contributed by atoms with Gasteiger partial charge in [0.1, 0.15) is 11.1 Å². The van der Waals surface area contributed by atoms with Crippen molar-refractivity contribution in [1.82, 2.24) is 25.1 Å². The number of nitrogens with one attached hydrogen (secondary N) is 1. The fourth-order valence-electron chi connectivity index (χ4n) is 3.20. The standard InChI is InChI=1S/C24H26N6O2S/c1-30(2)15-12-20(17-6-4-3-5-7-17)32-21-9-8-19(16-26-21)22(31)27-24-29-28-23(33-24)18-10-13-25-14-11-18/h3-11,13-14,16,20,22,31H,12,15H2,1-2H3,(H,27,29)/t20-,22?/m0/s1. The lowest BCUT2D eigenvalue weighted by molar-refractivity contribution is 0.171. The highest BCUT2D eigenvalue weighted by Gasteiger charge is 2.16. The lowest BCUT2D eigenvalue weighted by Gasteiger charge is -2.21. The van der Waals surface area contributed by atoms with Crippen molar-refractivity contribution in [2.24, 2.45) is 0 Å². The summed E-state index contributed by atoms with van der Waals surface area (Å²) >= 11 is 1.36. The smallest absolute Gasteiger partial charge is 0.213 e. The van der Waals surface area contributed by atoms with Crippen LogP contribution in [0.1, 0.15) is 29.9 Å². The zero-order valence-electron chi connectivity index (χ0n) is 18.5. The van der Waals surface area contributed by atoms with Crippen LogP contribution >= 0.6 is 11.3 Å². The van der Waals surface area contributed by atoms with Crippen molar-refractivity contribution >= 4 is 16.5 Å². The molecule has 0 spiro atoms. The number of ether oxygens (including phenoxy) is 1. The first-order valence-electron chi connectivity index (χ1n) is 10.6. The van der Waals surface area contributed by atoms with Crippen LogP contribution < -0.4 is 10.1 Å². The van der Waals surface area contributed by atoms with Gasteiger partial charge in [-0.2, -0.15) is 0 Å². The monoisotopic (exact) mass is 462 g/mol. The number of anilines is 1. The third-order valence-corrected chi connectivity index (χ3v) is 5.86. The fourth-order valence-corrected chi connectivity index (χ4v) is 3.97. The second kappa shape index (κ2) is 11.0. The molecular formula is C24H26N6O2S. The Bertz CT molecular complexity index is 1120. The average Bonchev–Trinajstić information content (AvgIpc) is 3.31. The molecule has 1 aromatic carbocycles. The molecule has 33 heavy (non-hydrogen) atoms. The molecule has 0 bridgehead atoms. The average molecular weight is 463 g/mol. The van der Waals surface area contributed by atoms with Gasteiger partial charge in [0.15, 0.2) is 6.23 Å². The Balaban J connectivity index is 1.40. The maximum atomic E-state index is 10.6. The minimum Gasteiger partial charge on any atom is -0.469 e. The highest BCUT2D eigenvalue weighted by atomic mass is 32.1. The molecule has 4 rings (SSSR count). The van der Waals surface area contributed by atoms with Gasteiger partial charge < -0.3 is 20.1 Å². The second-order valence-electron chi connectivity index (χ2n) is 7.73. The summed E-state index contributed by atoms with van der Waals surface area (Å²) in [4.78, 5) is 10.5. The highest BCUT2D eigenvalue weighted by molar-refractivity contribution is 7.18. The molecule has 8 nitrogen and oxygen atoms in total. The Morgan fingerprint density at radius 2 is 1.79 bits per heavy atom. The molecule has 2 N–H and O–H groups in total. The molecule has 2 atom stereocenters. The van der Waals surface area contributed by atoms with Crippen LogP contribution in [-0.2, 0) is 0 Å². The third kappa shape index (κ3) is 6.32. The predicted octanol–water partition coefficient (Wildman–Crippen LogP) is 4.17. The normalized spacial score (nSPS) is 13.0. The van der Waals surface area contributed by atoms with E-state index < -0.39 is 6.23 Å². The van der Waals surface area contributed by atoms with E-state index in [9.17, 15) is 5.11 Å². The molecule has 0 radical (unpaired) electrons. The number of rotatable bonds is 10. The summed E-state index contributed by atoms with van der Waals surface area (Å²) in [6.45, 7) is 0.892. The lowest BCUT2D eigenvalue weighted by atomic mass is 10.1. The summed E-state index contributed by atoms with van der Waals surface area (Å²) in [6.07, 6.45) is 4.77. The van der Waals surface area contributed by atoms with Crippen LogP contribution in [0.3, 0.4) is 0 Å². The molecule has 0 fully saturated rings. The van der Waals surface area contributed by atoms with Crippen molar-refractivity contribution in [3.8, 4) is 16.5 Å². The van der Waals surface area contributed by atoms with Gasteiger partial charge in [-0.1, -0.05) is 41.7 Å². The van der Waals surface area contributed by atoms with Crippen molar-refractivity contribution in [2.75, 3.05) is 26.0 Å². The lowest BCUT2D eigenvalue weighted by Crippen LogP contribution is -2.19. The van der Waals surface area contributed by atoms with Crippen LogP contribution in [0, 0.1) is 0 Å². The van der Waals surface area contributed by atoms with Crippen LogP contribution in [0.4, 0.5) is 5.13 Å². The molecule has 1 unspecified atom stereocenters. The molecule has 3 heterocycles. The molecule has 0 aliphatic carbocycles. The molecule has 9 heteroatoms. The van der Waals surface area contributed by atoms with Crippen LogP contribution in [0.2, 0.25) is 0 Å². The first kappa shape index (κ1) is 22.8. The van der Waals surface area contributed by atoms with Crippen molar-refractivity contribution in [3.05, 3.63) is 84.3 Å². The van der Waals surface area contributed by atoms with E-state index in [-0.39, 0.29) is 6.10 Å². The number of hydrogen-bond acceptors (Lipinski definition) is 9. The Labute approximate surface area is 196 Å². The van der Waals surface area contributed by atoms with Crippen molar-refractivity contribution < 1.29 is 9.84 Å². The number of hydrogen-bond donors (Lipinski definition) is 2. The molecular weight excluding hydrogens is 436 g/mol. The summed E-state index contributed by atoms with van der Waals surface area (Å²) in [7, 11) is 4.09. The minimum absolute atomic E-state index is 0.108. The second-order valence-corrected chi connectivity index (χ2v) is 8.71. The maximum Gasteiger partial charge on any atom is 0.213 e. The number of pyridine rings is 2. The quantitative estimate of drug-likeness (QED) is 0.339. The summed E-state index contributed by atoms with van der Waals surface area (Å²) in [5.41, 5.74) is 2.64. The van der Waals surface area contributed by atoms with Gasteiger partial charge >= 0.3 is 0 Å². The Morgan fingerprint density at radius 3 is 2.48 bits per heavy atom. The van der Waals surface area contributed by atoms with Crippen molar-refractivity contribution in [2.45, 2.75) is 18.8 Å². The summed E-state index contributed by atoms with van der Waals surface area (Å²) in [6, 6.07) is 17.4. The van der Waals surface area contributed by atoms with Crippen LogP contribution in [0.15, 0.2) is 73.2 Å². The number of aliphatic hydroxyl groups excluding tert-OH is 1. The van der Waals surface area contributed by atoms with Gasteiger partial charge in [0.25, 0.3) is 0 Å². The van der Waals surface area contributed by atoms with Crippen LogP contribution in [0.25, 0.3) is 10.6 Å². The van der Waals surface area contributed by atoms with E-state index in [0.29, 0.717) is 16.6 Å². The largest absolute Gasteiger partial charge is 0.469 e. The number of aromatic nitrogens is 4. The van der Waals surface area contributed by atoms with E-state index in [4.69, 9.17) is 4.74 Å². The number of nitrogens with zero attached hydrogens (tertiary/aromatic N) is 5. The van der Waals surface area contributed by atoms with Crippen molar-refractivity contribution in [1.29, 1.82) is 0 Å². The predicted molar refractivity (Wildman–Crippen MR) is 129 cm³/mol. The van der Waals surface area contributed by atoms with E-state index in [1.54, 1.807) is 30.7 Å². The van der Waals surface area contributed by atoms with Gasteiger partial charge in [0.2, 0.25) is 11.0 Å². The number of aliphatic hydroxyl groups is 1. The molecule has 3 aromatic heterocycles. The number of benzene rings is 1. The molecule has 0 aliphatic rings. The third-order valence-electron chi connectivity index (χ3n) is 4.96. The Morgan fingerprint density at radius 1 is 1.00 bits per heavy atom. The Kier molecular flexibility index (Phi) is 7.56. The van der Waals surface area contributed by atoms with Crippen molar-refractivity contribution in [3.63, 3.8) is 0 Å². The molecule has 170 valence electrons. The van der Waals surface area contributed by atoms with E-state index in [1.807, 2.05) is 44.4 Å². The summed E-state index contributed by atoms with van der Waals surface area (Å²) in [5.74, 6) is 0.509. The molecule has 4 aromatic rings. The minimum atomic E-state index is -0.969. The first-order valence-corrected chi connectivity index (χ1v) is 11.4. The maximum absolute atomic E-state index is 10.6. The first-order chi connectivity index (χ1) is 16.1. The molecule has 0 amide bonds. The van der Waals surface area contributed by atoms with Crippen LogP contribution in [-0.4, -0.2) is 50.8 Å². The molecule has 0 saturated heterocycles. The van der Waals surface area contributed by atoms with Gasteiger partial charge in [-0.05, 0) is 37.9 Å². The SMILES string of the molecule is CN(C)CC[C@H](Oc1ccc(C(O)Nc2nnc(-c3ccncc3)s2)cn1)c1ccccc1. The summed E-state index contributed by atoms with van der Waals surface area (Å²) < 4.78 is 6.19. The van der Waals surface area contributed by atoms with Gasteiger partial charge in [-0.15, -0.1) is 10.2 Å². The van der Waals surface area contributed by atoms with E-state index in [2.05, 4.69) is 42.5 Å². The molecule has 0 saturated carbocycles. The van der Waals surface area contributed by atoms with Gasteiger partial charge in [-0.25, -0.2) is 4.98 Å². The van der Waals surface area contributed by atoms with E-state index in [0.717, 1.165) is 29.1 Å². The van der Waals surface area contributed by atoms with Gasteiger partial charge in [0, 0.05) is 48.7 Å². The molecule has 0 aliphatic heterocycles. The highest BCUT2D eigenvalue weighted by Crippen LogP contribution is 2.28.